The number of benzene rings is 1. The van der Waals surface area contributed by atoms with E-state index in [1.807, 2.05) is 0 Å². The minimum atomic E-state index is -4.47. The molecule has 1 aromatic heterocycles. The van der Waals surface area contributed by atoms with E-state index in [4.69, 9.17) is 0 Å². The van der Waals surface area contributed by atoms with Gasteiger partial charge in [-0.05, 0) is 49.8 Å². The van der Waals surface area contributed by atoms with Crippen LogP contribution in [0, 0.1) is 5.92 Å². The van der Waals surface area contributed by atoms with E-state index in [0.717, 1.165) is 50.9 Å². The molecule has 2 fully saturated rings. The minimum absolute atomic E-state index is 0.0455. The third-order valence-corrected chi connectivity index (χ3v) is 7.07. The van der Waals surface area contributed by atoms with Gasteiger partial charge in [-0.15, -0.1) is 0 Å². The van der Waals surface area contributed by atoms with Crippen LogP contribution in [0.5, 0.6) is 0 Å². The van der Waals surface area contributed by atoms with Crippen molar-refractivity contribution in [2.45, 2.75) is 63.4 Å². The van der Waals surface area contributed by atoms with Gasteiger partial charge in [-0.25, -0.2) is 9.97 Å². The zero-order valence-electron chi connectivity index (χ0n) is 18.8. The summed E-state index contributed by atoms with van der Waals surface area (Å²) in [4.78, 5) is 22.7. The molecule has 33 heavy (non-hydrogen) atoms. The number of aromatic nitrogens is 2. The molecule has 1 saturated heterocycles. The summed E-state index contributed by atoms with van der Waals surface area (Å²) in [6, 6.07) is 3.74. The second-order valence-electron chi connectivity index (χ2n) is 9.51. The van der Waals surface area contributed by atoms with Gasteiger partial charge in [0.15, 0.2) is 0 Å². The molecule has 1 amide bonds. The number of likely N-dealkylation sites (tertiary alicyclic amines) is 1. The molecule has 1 saturated carbocycles. The van der Waals surface area contributed by atoms with Gasteiger partial charge in [0.1, 0.15) is 12.1 Å². The summed E-state index contributed by atoms with van der Waals surface area (Å²) in [5.41, 5.74) is -0.985. The van der Waals surface area contributed by atoms with Crippen molar-refractivity contribution < 1.29 is 23.1 Å². The van der Waals surface area contributed by atoms with Crippen LogP contribution in [0.2, 0.25) is 0 Å². The highest BCUT2D eigenvalue weighted by molar-refractivity contribution is 5.91. The summed E-state index contributed by atoms with van der Waals surface area (Å²) in [6.45, 7) is 5.56. The number of nitrogens with zero attached hydrogens (tertiary/aromatic N) is 3. The predicted octanol–water partition coefficient (Wildman–Crippen LogP) is 3.19. The number of amides is 1. The van der Waals surface area contributed by atoms with E-state index in [1.165, 1.54) is 12.4 Å². The molecule has 0 bridgehead atoms. The highest BCUT2D eigenvalue weighted by atomic mass is 19.4. The van der Waals surface area contributed by atoms with Gasteiger partial charge in [0.25, 0.3) is 0 Å². The molecular formula is C23H30F3N5O2. The number of hydrogen-bond donors (Lipinski definition) is 3. The highest BCUT2D eigenvalue weighted by Gasteiger charge is 2.40. The maximum absolute atomic E-state index is 13.0. The zero-order chi connectivity index (χ0) is 23.8. The largest absolute Gasteiger partial charge is 0.416 e. The van der Waals surface area contributed by atoms with Gasteiger partial charge in [-0.3, -0.25) is 9.69 Å². The Hall–Kier alpha value is -2.46. The lowest BCUT2D eigenvalue weighted by Gasteiger charge is -2.49. The Labute approximate surface area is 190 Å². The first-order valence-corrected chi connectivity index (χ1v) is 11.4. The fourth-order valence-corrected chi connectivity index (χ4v) is 4.76. The van der Waals surface area contributed by atoms with Crippen molar-refractivity contribution in [2.75, 3.05) is 25.0 Å². The number of halogens is 3. The summed E-state index contributed by atoms with van der Waals surface area (Å²) < 4.78 is 39.1. The van der Waals surface area contributed by atoms with Crippen LogP contribution in [0.25, 0.3) is 10.9 Å². The third kappa shape index (κ3) is 5.22. The van der Waals surface area contributed by atoms with E-state index < -0.39 is 17.3 Å². The summed E-state index contributed by atoms with van der Waals surface area (Å²) in [5, 5.41) is 16.7. The lowest BCUT2D eigenvalue weighted by molar-refractivity contribution is -0.137. The van der Waals surface area contributed by atoms with Gasteiger partial charge >= 0.3 is 6.18 Å². The Bertz CT molecular complexity index is 999. The number of nitrogens with one attached hydrogen (secondary N) is 2. The summed E-state index contributed by atoms with van der Waals surface area (Å²) >= 11 is 0. The lowest BCUT2D eigenvalue weighted by atomic mass is 9.74. The van der Waals surface area contributed by atoms with E-state index >= 15 is 0 Å². The quantitative estimate of drug-likeness (QED) is 0.607. The van der Waals surface area contributed by atoms with Crippen LogP contribution < -0.4 is 10.6 Å². The molecule has 4 rings (SSSR count). The smallest absolute Gasteiger partial charge is 0.390 e. The molecule has 2 aliphatic rings. The summed E-state index contributed by atoms with van der Waals surface area (Å²) in [5.74, 6) is 0.203. The van der Waals surface area contributed by atoms with Crippen molar-refractivity contribution in [1.29, 1.82) is 0 Å². The zero-order valence-corrected chi connectivity index (χ0v) is 18.8. The average Bonchev–Trinajstić information content (AvgIpc) is 2.74. The third-order valence-electron chi connectivity index (χ3n) is 7.07. The van der Waals surface area contributed by atoms with Gasteiger partial charge in [-0.2, -0.15) is 13.2 Å². The Morgan fingerprint density at radius 2 is 1.94 bits per heavy atom. The molecule has 1 aromatic carbocycles. The maximum Gasteiger partial charge on any atom is 0.416 e. The monoisotopic (exact) mass is 465 g/mol. The number of rotatable bonds is 6. The topological polar surface area (TPSA) is 90.4 Å². The van der Waals surface area contributed by atoms with Gasteiger partial charge in [0, 0.05) is 24.5 Å². The SMILES string of the molecule is CC(C)[C@]1(O)CC[C@H](N2CC(NC(=O)CNc3ncnc4ccc(C(F)(F)F)cc34)C2)CC1. The van der Waals surface area contributed by atoms with Crippen molar-refractivity contribution in [2.24, 2.45) is 5.92 Å². The standard InChI is InChI=1S/C23H30F3N5O2/c1-14(2)22(33)7-5-17(6-8-22)31-11-16(12-31)30-20(32)10-27-21-18-9-15(23(24,25)26)3-4-19(18)28-13-29-21/h3-4,9,13-14,16-17,33H,5-8,10-12H2,1-2H3,(H,30,32)(H,27,28,29)/t17-,22-. The van der Waals surface area contributed by atoms with E-state index in [0.29, 0.717) is 11.6 Å². The van der Waals surface area contributed by atoms with Crippen molar-refractivity contribution in [1.82, 2.24) is 20.2 Å². The summed E-state index contributed by atoms with van der Waals surface area (Å²) in [7, 11) is 0. The van der Waals surface area contributed by atoms with Crippen LogP contribution in [0.15, 0.2) is 24.5 Å². The molecule has 1 aliphatic heterocycles. The lowest BCUT2D eigenvalue weighted by Crippen LogP contribution is -2.63. The Morgan fingerprint density at radius 3 is 2.58 bits per heavy atom. The Morgan fingerprint density at radius 1 is 1.24 bits per heavy atom. The number of anilines is 1. The molecule has 1 aliphatic carbocycles. The van der Waals surface area contributed by atoms with E-state index in [-0.39, 0.29) is 35.6 Å². The molecule has 10 heteroatoms. The normalized spacial score (nSPS) is 24.6. The molecule has 7 nitrogen and oxygen atoms in total. The van der Waals surface area contributed by atoms with E-state index in [1.54, 1.807) is 0 Å². The van der Waals surface area contributed by atoms with Gasteiger partial charge < -0.3 is 15.7 Å². The molecule has 0 unspecified atom stereocenters. The minimum Gasteiger partial charge on any atom is -0.390 e. The van der Waals surface area contributed by atoms with Crippen LogP contribution in [-0.4, -0.2) is 63.2 Å². The predicted molar refractivity (Wildman–Crippen MR) is 119 cm³/mol. The van der Waals surface area contributed by atoms with Crippen LogP contribution in [0.1, 0.15) is 45.1 Å². The van der Waals surface area contributed by atoms with Crippen molar-refractivity contribution in [3.05, 3.63) is 30.1 Å². The Balaban J connectivity index is 1.26. The number of alkyl halides is 3. The average molecular weight is 466 g/mol. The van der Waals surface area contributed by atoms with Crippen LogP contribution in [-0.2, 0) is 11.0 Å². The fourth-order valence-electron chi connectivity index (χ4n) is 4.76. The van der Waals surface area contributed by atoms with E-state index in [2.05, 4.69) is 39.3 Å². The molecule has 0 spiro atoms. The summed E-state index contributed by atoms with van der Waals surface area (Å²) in [6.07, 6.45) is 0.297. The van der Waals surface area contributed by atoms with Crippen molar-refractivity contribution >= 4 is 22.6 Å². The molecule has 0 radical (unpaired) electrons. The second-order valence-corrected chi connectivity index (χ2v) is 9.51. The maximum atomic E-state index is 13.0. The van der Waals surface area contributed by atoms with Crippen LogP contribution in [0.3, 0.4) is 0 Å². The van der Waals surface area contributed by atoms with Gasteiger partial charge in [0.05, 0.1) is 29.3 Å². The molecular weight excluding hydrogens is 435 g/mol. The molecule has 2 aromatic rings. The van der Waals surface area contributed by atoms with Crippen LogP contribution in [0.4, 0.5) is 19.0 Å². The first-order chi connectivity index (χ1) is 15.5. The molecule has 3 N–H and O–H groups in total. The Kier molecular flexibility index (Phi) is 6.50. The van der Waals surface area contributed by atoms with Crippen LogP contribution >= 0.6 is 0 Å². The number of hydrogen-bond acceptors (Lipinski definition) is 6. The molecule has 180 valence electrons. The van der Waals surface area contributed by atoms with Crippen molar-refractivity contribution in [3.8, 4) is 0 Å². The first-order valence-electron chi connectivity index (χ1n) is 11.4. The fraction of sp³-hybridized carbons (Fsp3) is 0.609. The molecule has 0 atom stereocenters. The number of aliphatic hydroxyl groups is 1. The van der Waals surface area contributed by atoms with Gasteiger partial charge in [-0.1, -0.05) is 13.8 Å². The van der Waals surface area contributed by atoms with E-state index in [9.17, 15) is 23.1 Å². The first kappa shape index (κ1) is 23.7. The number of fused-ring (bicyclic) bond motifs is 1. The second kappa shape index (κ2) is 9.06. The number of carbonyl (C=O) groups excluding carboxylic acids is 1. The highest BCUT2D eigenvalue weighted by Crippen LogP contribution is 2.37. The number of carbonyl (C=O) groups is 1. The van der Waals surface area contributed by atoms with Gasteiger partial charge in [0.2, 0.25) is 5.91 Å². The molecule has 2 heterocycles. The van der Waals surface area contributed by atoms with Crippen molar-refractivity contribution in [3.63, 3.8) is 0 Å².